The van der Waals surface area contributed by atoms with Gasteiger partial charge in [0.15, 0.2) is 10.8 Å². The molecule has 2 aromatic heterocycles. The van der Waals surface area contributed by atoms with Gasteiger partial charge in [0.2, 0.25) is 5.91 Å². The number of carbonyl (C=O) groups excluding carboxylic acids is 1. The van der Waals surface area contributed by atoms with Crippen molar-refractivity contribution in [3.8, 4) is 5.69 Å². The number of hydrogen-bond donors (Lipinski definition) is 1. The smallest absolute Gasteiger partial charge is 0.225 e. The fourth-order valence-corrected chi connectivity index (χ4v) is 5.80. The van der Waals surface area contributed by atoms with Crippen molar-refractivity contribution in [2.24, 2.45) is 5.92 Å². The normalized spacial score (nSPS) is 16.2. The molecule has 1 aliphatic heterocycles. The van der Waals surface area contributed by atoms with Crippen LogP contribution in [0.1, 0.15) is 29.7 Å². The van der Waals surface area contributed by atoms with Gasteiger partial charge in [0.1, 0.15) is 0 Å². The van der Waals surface area contributed by atoms with E-state index in [-0.39, 0.29) is 11.8 Å². The molecule has 2 aromatic carbocycles. The van der Waals surface area contributed by atoms with E-state index in [1.165, 1.54) is 10.5 Å². The Kier molecular flexibility index (Phi) is 6.61. The number of aromatic nitrogens is 3. The summed E-state index contributed by atoms with van der Waals surface area (Å²) in [5.41, 5.74) is 5.24. The maximum absolute atomic E-state index is 12.9. The third-order valence-corrected chi connectivity index (χ3v) is 8.30. The van der Waals surface area contributed by atoms with Gasteiger partial charge in [-0.15, -0.1) is 11.8 Å². The fraction of sp³-hybridized carbons (Fsp3) is 0.346. The van der Waals surface area contributed by atoms with Crippen molar-refractivity contribution in [2.75, 3.05) is 24.2 Å². The number of thiazole rings is 1. The van der Waals surface area contributed by atoms with Crippen LogP contribution in [-0.4, -0.2) is 40.0 Å². The minimum Gasteiger partial charge on any atom is -0.352 e. The molecule has 0 saturated carbocycles. The van der Waals surface area contributed by atoms with Crippen molar-refractivity contribution < 1.29 is 4.79 Å². The van der Waals surface area contributed by atoms with Gasteiger partial charge in [-0.05, 0) is 62.8 Å². The molecule has 176 valence electrons. The van der Waals surface area contributed by atoms with Crippen LogP contribution >= 0.6 is 23.1 Å². The molecule has 1 fully saturated rings. The number of amides is 1. The number of rotatable bonds is 6. The Morgan fingerprint density at radius 1 is 1.15 bits per heavy atom. The first-order valence-electron chi connectivity index (χ1n) is 11.6. The van der Waals surface area contributed by atoms with Gasteiger partial charge in [-0.25, -0.2) is 4.68 Å². The van der Waals surface area contributed by atoms with Gasteiger partial charge in [-0.1, -0.05) is 41.2 Å². The van der Waals surface area contributed by atoms with E-state index in [9.17, 15) is 4.79 Å². The number of nitrogens with zero attached hydrogens (tertiary/aromatic N) is 4. The van der Waals surface area contributed by atoms with Crippen molar-refractivity contribution in [1.82, 2.24) is 20.1 Å². The summed E-state index contributed by atoms with van der Waals surface area (Å²) < 4.78 is 3.04. The van der Waals surface area contributed by atoms with Gasteiger partial charge >= 0.3 is 0 Å². The van der Waals surface area contributed by atoms with Crippen molar-refractivity contribution >= 4 is 44.5 Å². The molecule has 1 amide bonds. The molecule has 0 aliphatic carbocycles. The van der Waals surface area contributed by atoms with Gasteiger partial charge in [0, 0.05) is 24.5 Å². The van der Waals surface area contributed by atoms with E-state index in [4.69, 9.17) is 10.1 Å². The zero-order valence-corrected chi connectivity index (χ0v) is 21.4. The van der Waals surface area contributed by atoms with Crippen LogP contribution in [0.3, 0.4) is 0 Å². The second-order valence-corrected chi connectivity index (χ2v) is 10.7. The summed E-state index contributed by atoms with van der Waals surface area (Å²) in [5, 5.41) is 8.84. The van der Waals surface area contributed by atoms with E-state index in [1.54, 1.807) is 23.1 Å². The second-order valence-electron chi connectivity index (χ2n) is 8.83. The molecular weight excluding hydrogens is 462 g/mol. The minimum atomic E-state index is -0.0269. The van der Waals surface area contributed by atoms with Crippen LogP contribution in [0.15, 0.2) is 53.4 Å². The Morgan fingerprint density at radius 2 is 1.91 bits per heavy atom. The van der Waals surface area contributed by atoms with E-state index in [0.717, 1.165) is 51.8 Å². The number of thioether (sulfide) groups is 1. The van der Waals surface area contributed by atoms with Crippen LogP contribution in [0, 0.1) is 19.8 Å². The highest BCUT2D eigenvalue weighted by molar-refractivity contribution is 7.98. The Morgan fingerprint density at radius 3 is 2.65 bits per heavy atom. The molecule has 8 heteroatoms. The average Bonchev–Trinajstić information content (AvgIpc) is 3.44. The summed E-state index contributed by atoms with van der Waals surface area (Å²) in [6, 6.07) is 16.7. The molecule has 1 aliphatic rings. The first-order chi connectivity index (χ1) is 16.5. The van der Waals surface area contributed by atoms with Crippen molar-refractivity contribution in [3.63, 3.8) is 0 Å². The maximum Gasteiger partial charge on any atom is 0.225 e. The predicted octanol–water partition coefficient (Wildman–Crippen LogP) is 5.35. The number of piperidine rings is 1. The minimum absolute atomic E-state index is 0.0269. The second kappa shape index (κ2) is 9.80. The van der Waals surface area contributed by atoms with Crippen LogP contribution in [0.4, 0.5) is 5.13 Å². The van der Waals surface area contributed by atoms with Gasteiger partial charge in [-0.2, -0.15) is 10.1 Å². The summed E-state index contributed by atoms with van der Waals surface area (Å²) in [5.74, 6) is 0.0997. The lowest BCUT2D eigenvalue weighted by Gasteiger charge is -2.31. The molecule has 1 saturated heterocycles. The molecule has 0 bridgehead atoms. The summed E-state index contributed by atoms with van der Waals surface area (Å²) >= 11 is 3.40. The van der Waals surface area contributed by atoms with Crippen molar-refractivity contribution in [2.45, 2.75) is 38.1 Å². The van der Waals surface area contributed by atoms with Crippen LogP contribution in [0.25, 0.3) is 16.0 Å². The van der Waals surface area contributed by atoms with Gasteiger partial charge in [0.05, 0.1) is 22.0 Å². The monoisotopic (exact) mass is 491 g/mol. The maximum atomic E-state index is 12.9. The lowest BCUT2D eigenvalue weighted by atomic mass is 9.97. The lowest BCUT2D eigenvalue weighted by Crippen LogP contribution is -2.43. The van der Waals surface area contributed by atoms with E-state index in [1.807, 2.05) is 11.6 Å². The lowest BCUT2D eigenvalue weighted by molar-refractivity contribution is -0.125. The van der Waals surface area contributed by atoms with Gasteiger partial charge < -0.3 is 10.2 Å². The first kappa shape index (κ1) is 22.9. The van der Waals surface area contributed by atoms with Crippen LogP contribution < -0.4 is 10.2 Å². The van der Waals surface area contributed by atoms with Crippen LogP contribution in [0.5, 0.6) is 0 Å². The average molecular weight is 492 g/mol. The number of aryl methyl sites for hydroxylation is 2. The third kappa shape index (κ3) is 4.70. The molecule has 0 radical (unpaired) electrons. The van der Waals surface area contributed by atoms with E-state index >= 15 is 0 Å². The highest BCUT2D eigenvalue weighted by atomic mass is 32.2. The Labute approximate surface area is 208 Å². The molecule has 0 spiro atoms. The van der Waals surface area contributed by atoms with Crippen LogP contribution in [0.2, 0.25) is 0 Å². The zero-order chi connectivity index (χ0) is 23.7. The highest BCUT2D eigenvalue weighted by Crippen LogP contribution is 2.34. The fourth-order valence-electron chi connectivity index (χ4n) is 4.37. The Hall–Kier alpha value is -2.84. The van der Waals surface area contributed by atoms with Crippen molar-refractivity contribution in [3.05, 3.63) is 65.4 Å². The van der Waals surface area contributed by atoms with Crippen molar-refractivity contribution in [1.29, 1.82) is 0 Å². The quantitative estimate of drug-likeness (QED) is 0.368. The zero-order valence-electron chi connectivity index (χ0n) is 19.7. The SMILES string of the molecule is CSc1ccc(CNC(=O)C2CCCN(c3nc4c(s3)c(C)nn4-c3ccc(C)cc3)C2)cc1. The molecular formula is C26H29N5OS2. The van der Waals surface area contributed by atoms with E-state index in [2.05, 4.69) is 71.9 Å². The molecule has 1 atom stereocenters. The number of benzene rings is 2. The summed E-state index contributed by atoms with van der Waals surface area (Å²) in [4.78, 5) is 21.4. The molecule has 34 heavy (non-hydrogen) atoms. The number of fused-ring (bicyclic) bond motifs is 1. The van der Waals surface area contributed by atoms with Gasteiger partial charge in [0.25, 0.3) is 0 Å². The Bertz CT molecular complexity index is 1290. The Balaban J connectivity index is 1.29. The number of hydrogen-bond acceptors (Lipinski definition) is 6. The topological polar surface area (TPSA) is 63.1 Å². The largest absolute Gasteiger partial charge is 0.352 e. The molecule has 5 rings (SSSR count). The summed E-state index contributed by atoms with van der Waals surface area (Å²) in [6.45, 7) is 6.31. The predicted molar refractivity (Wildman–Crippen MR) is 141 cm³/mol. The number of carbonyl (C=O) groups is 1. The first-order valence-corrected chi connectivity index (χ1v) is 13.6. The summed E-state index contributed by atoms with van der Waals surface area (Å²) in [7, 11) is 0. The van der Waals surface area contributed by atoms with Crippen LogP contribution in [-0.2, 0) is 11.3 Å². The number of nitrogens with one attached hydrogen (secondary N) is 1. The van der Waals surface area contributed by atoms with E-state index < -0.39 is 0 Å². The highest BCUT2D eigenvalue weighted by Gasteiger charge is 2.28. The molecule has 6 nitrogen and oxygen atoms in total. The molecule has 1 N–H and O–H groups in total. The molecule has 3 heterocycles. The molecule has 1 unspecified atom stereocenters. The summed E-state index contributed by atoms with van der Waals surface area (Å²) in [6.07, 6.45) is 3.96. The number of anilines is 1. The van der Waals surface area contributed by atoms with E-state index in [0.29, 0.717) is 13.1 Å². The van der Waals surface area contributed by atoms with Gasteiger partial charge in [-0.3, -0.25) is 4.79 Å². The third-order valence-electron chi connectivity index (χ3n) is 6.34. The standard InChI is InChI=1S/C26H29N5OS2/c1-17-6-10-21(11-7-17)31-24-23(18(2)29-31)34-26(28-24)30-14-4-5-20(16-30)25(32)27-15-19-8-12-22(33-3)13-9-19/h6-13,20H,4-5,14-16H2,1-3H3,(H,27,32). The molecule has 4 aromatic rings.